The van der Waals surface area contributed by atoms with E-state index >= 15 is 0 Å². The topological polar surface area (TPSA) is 98.5 Å². The van der Waals surface area contributed by atoms with Gasteiger partial charge in [0, 0.05) is 0 Å². The molecule has 0 atom stereocenters. The van der Waals surface area contributed by atoms with Gasteiger partial charge in [-0.3, -0.25) is 8.98 Å². The maximum atomic E-state index is 10.9. The Bertz CT molecular complexity index is 321. The molecule has 6 nitrogen and oxygen atoms in total. The molecule has 0 aromatic rings. The lowest BCUT2D eigenvalue weighted by atomic mass is 10.1. The van der Waals surface area contributed by atoms with Crippen LogP contribution in [0.3, 0.4) is 0 Å². The highest BCUT2D eigenvalue weighted by molar-refractivity contribution is 7.84. The first-order chi connectivity index (χ1) is 6.16. The minimum absolute atomic E-state index is 0.231. The summed E-state index contributed by atoms with van der Waals surface area (Å²) in [6, 6.07) is 0. The number of amides is 1. The number of carbonyl (C=O) groups excluding carboxylic acids is 1. The molecule has 0 aliphatic heterocycles. The van der Waals surface area contributed by atoms with Crippen LogP contribution in [0.1, 0.15) is 13.8 Å². The van der Waals surface area contributed by atoms with Gasteiger partial charge < -0.3 is 5.32 Å². The summed E-state index contributed by atoms with van der Waals surface area (Å²) >= 11 is 0. The number of nitrogens with one attached hydrogen (secondary N) is 1. The summed E-state index contributed by atoms with van der Waals surface area (Å²) in [6.45, 7) is 6.22. The summed E-state index contributed by atoms with van der Waals surface area (Å²) in [6.07, 6.45) is 1.08. The van der Waals surface area contributed by atoms with E-state index in [-0.39, 0.29) is 6.61 Å². The number of nitrogens with two attached hydrogens (primary N) is 1. The molecule has 3 N–H and O–H groups in total. The summed E-state index contributed by atoms with van der Waals surface area (Å²) in [7, 11) is -3.98. The fourth-order valence-electron chi connectivity index (χ4n) is 0.650. The van der Waals surface area contributed by atoms with Crippen LogP contribution < -0.4 is 10.5 Å². The molecular formula is C7H14N2O4S. The molecule has 0 rings (SSSR count). The molecule has 0 fully saturated rings. The number of carbonyl (C=O) groups is 1. The van der Waals surface area contributed by atoms with Gasteiger partial charge in [-0.2, -0.15) is 8.42 Å². The van der Waals surface area contributed by atoms with E-state index < -0.39 is 21.8 Å². The van der Waals surface area contributed by atoms with Gasteiger partial charge in [0.2, 0.25) is 5.91 Å². The average Bonchev–Trinajstić information content (AvgIpc) is 1.99. The Balaban J connectivity index is 4.21. The standard InChI is InChI=1S/C7H14N2O4S/c1-4-6(10)9-7(2,3)5-13-14(8,11)12/h4H,1,5H2,2-3H3,(H,9,10)(H2,8,11,12). The van der Waals surface area contributed by atoms with Crippen molar-refractivity contribution in [1.82, 2.24) is 5.32 Å². The van der Waals surface area contributed by atoms with Crippen molar-refractivity contribution in [3.8, 4) is 0 Å². The quantitative estimate of drug-likeness (QED) is 0.600. The van der Waals surface area contributed by atoms with E-state index in [1.807, 2.05) is 0 Å². The Labute approximate surface area is 83.4 Å². The van der Waals surface area contributed by atoms with Crippen LogP contribution in [0.25, 0.3) is 0 Å². The summed E-state index contributed by atoms with van der Waals surface area (Å²) in [5.74, 6) is -0.409. The average molecular weight is 222 g/mol. The van der Waals surface area contributed by atoms with Crippen molar-refractivity contribution in [2.75, 3.05) is 6.61 Å². The first-order valence-corrected chi connectivity index (χ1v) is 5.25. The van der Waals surface area contributed by atoms with Crippen LogP contribution in [0.15, 0.2) is 12.7 Å². The molecule has 0 aromatic carbocycles. The smallest absolute Gasteiger partial charge is 0.333 e. The third-order valence-electron chi connectivity index (χ3n) is 1.23. The van der Waals surface area contributed by atoms with Crippen LogP contribution in [-0.4, -0.2) is 26.5 Å². The highest BCUT2D eigenvalue weighted by Crippen LogP contribution is 2.03. The lowest BCUT2D eigenvalue weighted by Crippen LogP contribution is -2.47. The van der Waals surface area contributed by atoms with Crippen LogP contribution in [0.2, 0.25) is 0 Å². The van der Waals surface area contributed by atoms with Crippen molar-refractivity contribution in [2.45, 2.75) is 19.4 Å². The second-order valence-corrected chi connectivity index (χ2v) is 4.55. The van der Waals surface area contributed by atoms with Gasteiger partial charge in [-0.15, -0.1) is 0 Å². The van der Waals surface area contributed by atoms with Crippen molar-refractivity contribution < 1.29 is 17.4 Å². The van der Waals surface area contributed by atoms with E-state index in [0.29, 0.717) is 0 Å². The molecule has 0 aliphatic rings. The van der Waals surface area contributed by atoms with Gasteiger partial charge in [0.15, 0.2) is 0 Å². The normalized spacial score (nSPS) is 12.2. The zero-order chi connectivity index (χ0) is 11.4. The molecule has 0 saturated carbocycles. The fraction of sp³-hybridized carbons (Fsp3) is 0.571. The molecule has 0 unspecified atom stereocenters. The summed E-state index contributed by atoms with van der Waals surface area (Å²) in [4.78, 5) is 10.9. The molecule has 0 saturated heterocycles. The SMILES string of the molecule is C=CC(=O)NC(C)(C)COS(N)(=O)=O. The zero-order valence-corrected chi connectivity index (χ0v) is 8.93. The highest BCUT2D eigenvalue weighted by Gasteiger charge is 2.21. The van der Waals surface area contributed by atoms with E-state index in [9.17, 15) is 13.2 Å². The van der Waals surface area contributed by atoms with Crippen LogP contribution >= 0.6 is 0 Å². The van der Waals surface area contributed by atoms with Gasteiger partial charge in [0.1, 0.15) is 0 Å². The Hall–Kier alpha value is -0.920. The van der Waals surface area contributed by atoms with Crippen LogP contribution in [0.5, 0.6) is 0 Å². The van der Waals surface area contributed by atoms with Crippen LogP contribution in [0.4, 0.5) is 0 Å². The van der Waals surface area contributed by atoms with Gasteiger partial charge in [0.25, 0.3) is 0 Å². The number of hydrogen-bond acceptors (Lipinski definition) is 4. The van der Waals surface area contributed by atoms with E-state index in [1.54, 1.807) is 13.8 Å². The lowest BCUT2D eigenvalue weighted by molar-refractivity contribution is -0.118. The monoisotopic (exact) mass is 222 g/mol. The minimum atomic E-state index is -3.98. The van der Waals surface area contributed by atoms with Gasteiger partial charge in [-0.1, -0.05) is 6.58 Å². The highest BCUT2D eigenvalue weighted by atomic mass is 32.2. The molecule has 14 heavy (non-hydrogen) atoms. The van der Waals surface area contributed by atoms with Crippen LogP contribution in [0, 0.1) is 0 Å². The van der Waals surface area contributed by atoms with Crippen molar-refractivity contribution in [3.05, 3.63) is 12.7 Å². The molecule has 7 heteroatoms. The Kier molecular flexibility index (Phi) is 4.24. The van der Waals surface area contributed by atoms with E-state index in [1.165, 1.54) is 0 Å². The van der Waals surface area contributed by atoms with Crippen molar-refractivity contribution in [1.29, 1.82) is 0 Å². The molecule has 1 amide bonds. The first kappa shape index (κ1) is 13.1. The van der Waals surface area contributed by atoms with Crippen molar-refractivity contribution in [3.63, 3.8) is 0 Å². The molecule has 0 spiro atoms. The number of rotatable bonds is 5. The second-order valence-electron chi connectivity index (χ2n) is 3.33. The molecular weight excluding hydrogens is 208 g/mol. The first-order valence-electron chi connectivity index (χ1n) is 3.78. The molecule has 82 valence electrons. The molecule has 0 heterocycles. The summed E-state index contributed by atoms with van der Waals surface area (Å²) in [5.41, 5.74) is -0.822. The molecule has 0 radical (unpaired) electrons. The summed E-state index contributed by atoms with van der Waals surface area (Å²) < 4.78 is 25.3. The fourth-order valence-corrected chi connectivity index (χ4v) is 1.11. The molecule has 0 aliphatic carbocycles. The minimum Gasteiger partial charge on any atom is -0.345 e. The van der Waals surface area contributed by atoms with Gasteiger partial charge in [0.05, 0.1) is 12.1 Å². The Morgan fingerprint density at radius 2 is 2.14 bits per heavy atom. The van der Waals surface area contributed by atoms with E-state index in [2.05, 4.69) is 21.2 Å². The Morgan fingerprint density at radius 3 is 2.50 bits per heavy atom. The summed E-state index contributed by atoms with van der Waals surface area (Å²) in [5, 5.41) is 7.10. The predicted molar refractivity (Wildman–Crippen MR) is 51.5 cm³/mol. The maximum absolute atomic E-state index is 10.9. The van der Waals surface area contributed by atoms with Crippen LogP contribution in [-0.2, 0) is 19.3 Å². The molecule has 0 aromatic heterocycles. The third kappa shape index (κ3) is 6.58. The van der Waals surface area contributed by atoms with Gasteiger partial charge in [-0.05, 0) is 19.9 Å². The van der Waals surface area contributed by atoms with E-state index in [4.69, 9.17) is 0 Å². The maximum Gasteiger partial charge on any atom is 0.333 e. The van der Waals surface area contributed by atoms with Crippen molar-refractivity contribution in [2.24, 2.45) is 5.14 Å². The van der Waals surface area contributed by atoms with E-state index in [0.717, 1.165) is 6.08 Å². The lowest BCUT2D eigenvalue weighted by Gasteiger charge is -2.24. The zero-order valence-electron chi connectivity index (χ0n) is 8.11. The molecule has 0 bridgehead atoms. The third-order valence-corrected chi connectivity index (χ3v) is 1.68. The Morgan fingerprint density at radius 1 is 1.64 bits per heavy atom. The predicted octanol–water partition coefficient (Wildman–Crippen LogP) is -0.713. The number of hydrogen-bond donors (Lipinski definition) is 2. The second kappa shape index (κ2) is 4.54. The van der Waals surface area contributed by atoms with Crippen molar-refractivity contribution >= 4 is 16.2 Å². The largest absolute Gasteiger partial charge is 0.345 e. The van der Waals surface area contributed by atoms with Gasteiger partial charge >= 0.3 is 10.3 Å². The van der Waals surface area contributed by atoms with Gasteiger partial charge in [-0.25, -0.2) is 5.14 Å².